The van der Waals surface area contributed by atoms with E-state index < -0.39 is 5.25 Å². The van der Waals surface area contributed by atoms with Crippen LogP contribution >= 0.6 is 23.4 Å². The predicted octanol–water partition coefficient (Wildman–Crippen LogP) is 5.77. The number of rotatable bonds is 8. The number of thioether (sulfide) groups is 1. The molecule has 4 rings (SSSR count). The molecule has 1 atom stereocenters. The molecule has 0 bridgehead atoms. The van der Waals surface area contributed by atoms with Gasteiger partial charge < -0.3 is 10.1 Å². The topological polar surface area (TPSA) is 69.0 Å². The summed E-state index contributed by atoms with van der Waals surface area (Å²) in [6, 6.07) is 24.9. The normalized spacial score (nSPS) is 11.7. The number of benzene rings is 3. The quantitative estimate of drug-likeness (QED) is 0.325. The fourth-order valence-corrected chi connectivity index (χ4v) is 4.27. The van der Waals surface area contributed by atoms with Crippen LogP contribution in [0.25, 0.3) is 11.4 Å². The van der Waals surface area contributed by atoms with E-state index in [2.05, 4.69) is 27.6 Å². The third kappa shape index (κ3) is 5.56. The highest BCUT2D eigenvalue weighted by Crippen LogP contribution is 2.30. The number of hydrogen-bond donors (Lipinski definition) is 1. The molecule has 0 saturated heterocycles. The first-order chi connectivity index (χ1) is 16.0. The summed E-state index contributed by atoms with van der Waals surface area (Å²) in [6.45, 7) is 2.42. The van der Waals surface area contributed by atoms with Gasteiger partial charge >= 0.3 is 0 Å². The van der Waals surface area contributed by atoms with Crippen molar-refractivity contribution < 1.29 is 9.53 Å². The number of anilines is 1. The number of carbonyl (C=O) groups is 1. The van der Waals surface area contributed by atoms with Gasteiger partial charge in [0.1, 0.15) is 5.75 Å². The number of hydrogen-bond acceptors (Lipinski definition) is 5. The van der Waals surface area contributed by atoms with Crippen molar-refractivity contribution in [3.05, 3.63) is 89.4 Å². The van der Waals surface area contributed by atoms with Crippen molar-refractivity contribution in [2.45, 2.75) is 23.9 Å². The molecule has 8 heteroatoms. The Kier molecular flexibility index (Phi) is 7.32. The molecule has 3 aromatic carbocycles. The summed E-state index contributed by atoms with van der Waals surface area (Å²) in [5, 5.41) is 12.7. The van der Waals surface area contributed by atoms with Crippen LogP contribution in [0.5, 0.6) is 5.75 Å². The van der Waals surface area contributed by atoms with Gasteiger partial charge in [0.15, 0.2) is 11.0 Å². The first kappa shape index (κ1) is 22.9. The van der Waals surface area contributed by atoms with Crippen LogP contribution in [0.1, 0.15) is 12.5 Å². The highest BCUT2D eigenvalue weighted by molar-refractivity contribution is 8.00. The van der Waals surface area contributed by atoms with E-state index in [1.54, 1.807) is 7.11 Å². The fraction of sp³-hybridized carbons (Fsp3) is 0.160. The number of amides is 1. The van der Waals surface area contributed by atoms with E-state index in [4.69, 9.17) is 16.3 Å². The van der Waals surface area contributed by atoms with Gasteiger partial charge in [-0.1, -0.05) is 65.8 Å². The van der Waals surface area contributed by atoms with Crippen LogP contribution in [-0.2, 0) is 11.3 Å². The smallest absolute Gasteiger partial charge is 0.237 e. The maximum atomic E-state index is 12.9. The standard InChI is InChI=1S/C25H23ClN4O2S/c1-17(24(31)27-21-10-6-7-11-22(21)32-2)33-25-29-28-23(19-12-14-20(26)15-13-19)30(25)16-18-8-4-3-5-9-18/h3-15,17H,16H2,1-2H3,(H,27,31). The van der Waals surface area contributed by atoms with Gasteiger partial charge in [0, 0.05) is 10.6 Å². The van der Waals surface area contributed by atoms with Crippen LogP contribution in [0.15, 0.2) is 84.0 Å². The lowest BCUT2D eigenvalue weighted by atomic mass is 10.2. The van der Waals surface area contributed by atoms with Gasteiger partial charge in [-0.2, -0.15) is 0 Å². The third-order valence-electron chi connectivity index (χ3n) is 5.02. The molecule has 6 nitrogen and oxygen atoms in total. The van der Waals surface area contributed by atoms with Crippen molar-refractivity contribution in [3.8, 4) is 17.1 Å². The number of nitrogens with zero attached hydrogens (tertiary/aromatic N) is 3. The highest BCUT2D eigenvalue weighted by Gasteiger charge is 2.22. The molecule has 0 aliphatic rings. The molecule has 0 fully saturated rings. The molecule has 33 heavy (non-hydrogen) atoms. The van der Waals surface area contributed by atoms with Gasteiger partial charge in [-0.05, 0) is 48.9 Å². The van der Waals surface area contributed by atoms with Crippen LogP contribution in [0.3, 0.4) is 0 Å². The second-order valence-electron chi connectivity index (χ2n) is 7.33. The Morgan fingerprint density at radius 2 is 1.73 bits per heavy atom. The summed E-state index contributed by atoms with van der Waals surface area (Å²) in [4.78, 5) is 12.9. The lowest BCUT2D eigenvalue weighted by Crippen LogP contribution is -2.23. The van der Waals surface area contributed by atoms with E-state index in [0.717, 1.165) is 17.0 Å². The fourth-order valence-electron chi connectivity index (χ4n) is 3.29. The molecular formula is C25H23ClN4O2S. The highest BCUT2D eigenvalue weighted by atomic mass is 35.5. The minimum absolute atomic E-state index is 0.146. The molecule has 0 aliphatic carbocycles. The van der Waals surface area contributed by atoms with Crippen LogP contribution in [0, 0.1) is 0 Å². The molecule has 1 N–H and O–H groups in total. The average molecular weight is 479 g/mol. The first-order valence-electron chi connectivity index (χ1n) is 10.4. The Balaban J connectivity index is 1.59. The zero-order chi connectivity index (χ0) is 23.2. The minimum atomic E-state index is -0.410. The molecule has 0 radical (unpaired) electrons. The van der Waals surface area contributed by atoms with Gasteiger partial charge in [0.2, 0.25) is 5.91 Å². The van der Waals surface area contributed by atoms with Crippen molar-refractivity contribution in [2.75, 3.05) is 12.4 Å². The Morgan fingerprint density at radius 3 is 2.45 bits per heavy atom. The summed E-state index contributed by atoms with van der Waals surface area (Å²) in [5.74, 6) is 1.18. The van der Waals surface area contributed by atoms with E-state index in [-0.39, 0.29) is 5.91 Å². The van der Waals surface area contributed by atoms with E-state index >= 15 is 0 Å². The van der Waals surface area contributed by atoms with Crippen molar-refractivity contribution in [2.24, 2.45) is 0 Å². The minimum Gasteiger partial charge on any atom is -0.495 e. The second kappa shape index (κ2) is 10.6. The summed E-state index contributed by atoms with van der Waals surface area (Å²) in [5.41, 5.74) is 2.64. The van der Waals surface area contributed by atoms with Gasteiger partial charge in [-0.25, -0.2) is 0 Å². The molecule has 0 saturated carbocycles. The zero-order valence-electron chi connectivity index (χ0n) is 18.2. The van der Waals surface area contributed by atoms with Crippen molar-refractivity contribution >= 4 is 35.0 Å². The molecule has 1 unspecified atom stereocenters. The molecular weight excluding hydrogens is 456 g/mol. The Hall–Kier alpha value is -3.29. The maximum absolute atomic E-state index is 12.9. The van der Waals surface area contributed by atoms with E-state index in [9.17, 15) is 4.79 Å². The van der Waals surface area contributed by atoms with E-state index in [1.807, 2.05) is 78.2 Å². The number of carbonyl (C=O) groups excluding carboxylic acids is 1. The monoisotopic (exact) mass is 478 g/mol. The Labute approximate surface area is 202 Å². The lowest BCUT2D eigenvalue weighted by Gasteiger charge is -2.15. The van der Waals surface area contributed by atoms with Crippen LogP contribution in [0.2, 0.25) is 5.02 Å². The summed E-state index contributed by atoms with van der Waals surface area (Å²) in [7, 11) is 1.58. The largest absolute Gasteiger partial charge is 0.495 e. The van der Waals surface area contributed by atoms with Gasteiger partial charge in [-0.3, -0.25) is 9.36 Å². The number of nitrogens with one attached hydrogen (secondary N) is 1. The average Bonchev–Trinajstić information content (AvgIpc) is 3.22. The van der Waals surface area contributed by atoms with E-state index in [1.165, 1.54) is 11.8 Å². The third-order valence-corrected chi connectivity index (χ3v) is 6.35. The van der Waals surface area contributed by atoms with Gasteiger partial charge in [0.25, 0.3) is 0 Å². The number of methoxy groups -OCH3 is 1. The van der Waals surface area contributed by atoms with Crippen LogP contribution < -0.4 is 10.1 Å². The number of ether oxygens (including phenoxy) is 1. The summed E-state index contributed by atoms with van der Waals surface area (Å²) in [6.07, 6.45) is 0. The Morgan fingerprint density at radius 1 is 1.03 bits per heavy atom. The van der Waals surface area contributed by atoms with Gasteiger partial charge in [0.05, 0.1) is 24.6 Å². The van der Waals surface area contributed by atoms with Crippen LogP contribution in [-0.4, -0.2) is 33.0 Å². The summed E-state index contributed by atoms with van der Waals surface area (Å²) < 4.78 is 7.36. The molecule has 0 aliphatic heterocycles. The SMILES string of the molecule is COc1ccccc1NC(=O)C(C)Sc1nnc(-c2ccc(Cl)cc2)n1Cc1ccccc1. The molecule has 1 aromatic heterocycles. The van der Waals surface area contributed by atoms with Crippen LogP contribution in [0.4, 0.5) is 5.69 Å². The van der Waals surface area contributed by atoms with E-state index in [0.29, 0.717) is 28.2 Å². The number of aromatic nitrogens is 3. The predicted molar refractivity (Wildman–Crippen MR) is 133 cm³/mol. The molecule has 1 heterocycles. The van der Waals surface area contributed by atoms with Crippen molar-refractivity contribution in [1.29, 1.82) is 0 Å². The number of para-hydroxylation sites is 2. The number of halogens is 1. The molecule has 0 spiro atoms. The molecule has 4 aromatic rings. The second-order valence-corrected chi connectivity index (χ2v) is 9.08. The maximum Gasteiger partial charge on any atom is 0.237 e. The van der Waals surface area contributed by atoms with Gasteiger partial charge in [-0.15, -0.1) is 10.2 Å². The summed E-state index contributed by atoms with van der Waals surface area (Å²) >= 11 is 7.42. The van der Waals surface area contributed by atoms with Crippen molar-refractivity contribution in [1.82, 2.24) is 14.8 Å². The lowest BCUT2D eigenvalue weighted by molar-refractivity contribution is -0.115. The first-order valence-corrected chi connectivity index (χ1v) is 11.6. The zero-order valence-corrected chi connectivity index (χ0v) is 19.8. The molecule has 1 amide bonds. The Bertz CT molecular complexity index is 1230. The van der Waals surface area contributed by atoms with Crippen molar-refractivity contribution in [3.63, 3.8) is 0 Å². The molecule has 168 valence electrons.